The Morgan fingerprint density at radius 1 is 1.00 bits per heavy atom. The number of hydrogen-bond acceptors (Lipinski definition) is 5. The minimum Gasteiger partial charge on any atom is -0.383 e. The van der Waals surface area contributed by atoms with E-state index in [2.05, 4.69) is 55.1 Å². The molecular formula is C25H28N6. The summed E-state index contributed by atoms with van der Waals surface area (Å²) in [5.74, 6) is 2.10. The van der Waals surface area contributed by atoms with Gasteiger partial charge in [0.1, 0.15) is 5.82 Å². The van der Waals surface area contributed by atoms with Crippen LogP contribution in [0.25, 0.3) is 22.3 Å². The molecule has 2 aromatic heterocycles. The van der Waals surface area contributed by atoms with Crippen molar-refractivity contribution >= 4 is 22.8 Å². The molecule has 5 rings (SSSR count). The smallest absolute Gasteiger partial charge is 0.228 e. The third-order valence-electron chi connectivity index (χ3n) is 6.16. The maximum Gasteiger partial charge on any atom is 0.228 e. The molecule has 1 saturated heterocycles. The van der Waals surface area contributed by atoms with Crippen LogP contribution in [0.1, 0.15) is 30.9 Å². The second kappa shape index (κ2) is 8.02. The van der Waals surface area contributed by atoms with Crippen molar-refractivity contribution in [2.24, 2.45) is 5.92 Å². The average molecular weight is 413 g/mol. The maximum absolute atomic E-state index is 6.62. The van der Waals surface area contributed by atoms with Crippen molar-refractivity contribution in [1.82, 2.24) is 19.7 Å². The molecule has 3 heterocycles. The van der Waals surface area contributed by atoms with Crippen molar-refractivity contribution in [3.8, 4) is 11.3 Å². The third kappa shape index (κ3) is 3.85. The van der Waals surface area contributed by atoms with E-state index in [-0.39, 0.29) is 0 Å². The Balaban J connectivity index is 1.65. The summed E-state index contributed by atoms with van der Waals surface area (Å²) in [4.78, 5) is 12.2. The zero-order valence-corrected chi connectivity index (χ0v) is 18.1. The van der Waals surface area contributed by atoms with Crippen LogP contribution in [-0.2, 0) is 6.54 Å². The van der Waals surface area contributed by atoms with Crippen molar-refractivity contribution in [2.45, 2.75) is 33.2 Å². The first kappa shape index (κ1) is 19.5. The molecule has 0 aliphatic carbocycles. The molecule has 2 N–H and O–H groups in total. The lowest BCUT2D eigenvalue weighted by molar-refractivity contribution is 0.434. The molecule has 1 fully saturated rings. The van der Waals surface area contributed by atoms with E-state index in [1.54, 1.807) is 0 Å². The van der Waals surface area contributed by atoms with Crippen LogP contribution in [0.2, 0.25) is 0 Å². The molecule has 31 heavy (non-hydrogen) atoms. The number of rotatable bonds is 4. The van der Waals surface area contributed by atoms with Crippen LogP contribution in [0.3, 0.4) is 0 Å². The van der Waals surface area contributed by atoms with Gasteiger partial charge < -0.3 is 10.6 Å². The van der Waals surface area contributed by atoms with Gasteiger partial charge in [-0.2, -0.15) is 4.98 Å². The molecule has 1 aliphatic rings. The van der Waals surface area contributed by atoms with Gasteiger partial charge in [-0.05, 0) is 37.3 Å². The van der Waals surface area contributed by atoms with E-state index in [0.717, 1.165) is 60.0 Å². The van der Waals surface area contributed by atoms with Crippen molar-refractivity contribution in [2.75, 3.05) is 23.7 Å². The Morgan fingerprint density at radius 3 is 2.52 bits per heavy atom. The maximum atomic E-state index is 6.62. The molecule has 0 unspecified atom stereocenters. The first-order chi connectivity index (χ1) is 15.1. The molecule has 4 aromatic rings. The lowest BCUT2D eigenvalue weighted by Crippen LogP contribution is -2.34. The van der Waals surface area contributed by atoms with E-state index in [1.807, 2.05) is 22.9 Å². The lowest BCUT2D eigenvalue weighted by Gasteiger charge is -2.30. The number of fused-ring (bicyclic) bond motifs is 1. The Bertz CT molecular complexity index is 1210. The molecular weight excluding hydrogens is 384 g/mol. The summed E-state index contributed by atoms with van der Waals surface area (Å²) >= 11 is 0. The van der Waals surface area contributed by atoms with Crippen LogP contribution in [0.4, 0.5) is 11.8 Å². The Labute approximate surface area is 182 Å². The zero-order valence-electron chi connectivity index (χ0n) is 18.1. The summed E-state index contributed by atoms with van der Waals surface area (Å²) in [6.07, 6.45) is 2.32. The van der Waals surface area contributed by atoms with Gasteiger partial charge in [-0.15, -0.1) is 5.10 Å². The highest BCUT2D eigenvalue weighted by atomic mass is 15.3. The van der Waals surface area contributed by atoms with Crippen molar-refractivity contribution in [3.05, 3.63) is 65.7 Å². The molecule has 6 heteroatoms. The molecule has 0 radical (unpaired) electrons. The Morgan fingerprint density at radius 2 is 1.77 bits per heavy atom. The van der Waals surface area contributed by atoms with Gasteiger partial charge in [0, 0.05) is 18.7 Å². The molecule has 0 spiro atoms. The molecule has 2 aromatic carbocycles. The van der Waals surface area contributed by atoms with Crippen LogP contribution < -0.4 is 10.6 Å². The average Bonchev–Trinajstić information content (AvgIpc) is 3.09. The van der Waals surface area contributed by atoms with Gasteiger partial charge in [-0.1, -0.05) is 61.0 Å². The second-order valence-corrected chi connectivity index (χ2v) is 8.64. The van der Waals surface area contributed by atoms with Gasteiger partial charge in [0.05, 0.1) is 17.6 Å². The largest absolute Gasteiger partial charge is 0.383 e. The zero-order chi connectivity index (χ0) is 21.4. The predicted molar refractivity (Wildman–Crippen MR) is 126 cm³/mol. The SMILES string of the molecule is Cc1cccc(-c2nc(N3CCC(C)CC3)nc3nn(Cc4ccccc4)c(N)c23)c1. The van der Waals surface area contributed by atoms with Gasteiger partial charge >= 0.3 is 0 Å². The number of aromatic nitrogens is 4. The highest BCUT2D eigenvalue weighted by molar-refractivity contribution is 5.99. The Kier molecular flexibility index (Phi) is 5.06. The number of benzene rings is 2. The van der Waals surface area contributed by atoms with Gasteiger partial charge in [0.15, 0.2) is 5.65 Å². The molecule has 1 aliphatic heterocycles. The number of anilines is 2. The normalized spacial score (nSPS) is 15.0. The summed E-state index contributed by atoms with van der Waals surface area (Å²) < 4.78 is 1.84. The summed E-state index contributed by atoms with van der Waals surface area (Å²) in [7, 11) is 0. The van der Waals surface area contributed by atoms with Crippen LogP contribution in [0.5, 0.6) is 0 Å². The quantitative estimate of drug-likeness (QED) is 0.527. The van der Waals surface area contributed by atoms with E-state index < -0.39 is 0 Å². The highest BCUT2D eigenvalue weighted by Gasteiger charge is 2.23. The fraction of sp³-hybridized carbons (Fsp3) is 0.320. The van der Waals surface area contributed by atoms with Crippen molar-refractivity contribution < 1.29 is 0 Å². The summed E-state index contributed by atoms with van der Waals surface area (Å²) in [6.45, 7) is 6.95. The number of hydrogen-bond donors (Lipinski definition) is 1. The Hall–Kier alpha value is -3.41. The molecule has 0 bridgehead atoms. The minimum absolute atomic E-state index is 0.604. The van der Waals surface area contributed by atoms with E-state index >= 15 is 0 Å². The number of nitrogen functional groups attached to an aromatic ring is 1. The molecule has 0 atom stereocenters. The molecule has 0 amide bonds. The minimum atomic E-state index is 0.604. The van der Waals surface area contributed by atoms with Gasteiger partial charge in [0.25, 0.3) is 0 Å². The fourth-order valence-corrected chi connectivity index (χ4v) is 4.27. The lowest BCUT2D eigenvalue weighted by atomic mass is 9.99. The van der Waals surface area contributed by atoms with E-state index in [4.69, 9.17) is 20.8 Å². The topological polar surface area (TPSA) is 72.9 Å². The second-order valence-electron chi connectivity index (χ2n) is 8.64. The van der Waals surface area contributed by atoms with Gasteiger partial charge in [0.2, 0.25) is 5.95 Å². The summed E-state index contributed by atoms with van der Waals surface area (Å²) in [5.41, 5.74) is 11.5. The molecule has 6 nitrogen and oxygen atoms in total. The number of nitrogens with zero attached hydrogens (tertiary/aromatic N) is 5. The summed E-state index contributed by atoms with van der Waals surface area (Å²) in [5, 5.41) is 5.63. The number of nitrogens with two attached hydrogens (primary N) is 1. The van der Waals surface area contributed by atoms with Gasteiger partial charge in [-0.25, -0.2) is 9.67 Å². The van der Waals surface area contributed by atoms with E-state index in [0.29, 0.717) is 18.0 Å². The first-order valence-electron chi connectivity index (χ1n) is 11.0. The fourth-order valence-electron chi connectivity index (χ4n) is 4.27. The van der Waals surface area contributed by atoms with Crippen LogP contribution in [0.15, 0.2) is 54.6 Å². The first-order valence-corrected chi connectivity index (χ1v) is 11.0. The number of aryl methyl sites for hydroxylation is 1. The van der Waals surface area contributed by atoms with E-state index in [1.165, 1.54) is 5.56 Å². The van der Waals surface area contributed by atoms with Crippen LogP contribution in [-0.4, -0.2) is 32.8 Å². The van der Waals surface area contributed by atoms with Gasteiger partial charge in [-0.3, -0.25) is 0 Å². The monoisotopic (exact) mass is 412 g/mol. The summed E-state index contributed by atoms with van der Waals surface area (Å²) in [6, 6.07) is 18.6. The standard InChI is InChI=1S/C25H28N6/c1-17-11-13-30(14-12-17)25-27-22(20-10-6-7-18(2)15-20)21-23(26)31(29-24(21)28-25)16-19-8-4-3-5-9-19/h3-10,15,17H,11-14,16,26H2,1-2H3. The highest BCUT2D eigenvalue weighted by Crippen LogP contribution is 2.33. The van der Waals surface area contributed by atoms with Crippen molar-refractivity contribution in [1.29, 1.82) is 0 Å². The van der Waals surface area contributed by atoms with Crippen molar-refractivity contribution in [3.63, 3.8) is 0 Å². The predicted octanol–water partition coefficient (Wildman–Crippen LogP) is 4.67. The molecule has 158 valence electrons. The van der Waals surface area contributed by atoms with Crippen LogP contribution in [0, 0.1) is 12.8 Å². The van der Waals surface area contributed by atoms with E-state index in [9.17, 15) is 0 Å². The van der Waals surface area contributed by atoms with Crippen LogP contribution >= 0.6 is 0 Å². The third-order valence-corrected chi connectivity index (χ3v) is 6.16. The number of piperidine rings is 1. The molecule has 0 saturated carbocycles.